The molecular formula is C15H25N3O. The van der Waals surface area contributed by atoms with Gasteiger partial charge in [-0.3, -0.25) is 0 Å². The van der Waals surface area contributed by atoms with Gasteiger partial charge in [-0.25, -0.2) is 0 Å². The van der Waals surface area contributed by atoms with E-state index >= 15 is 0 Å². The summed E-state index contributed by atoms with van der Waals surface area (Å²) in [6.07, 6.45) is 8.61. The maximum absolute atomic E-state index is 5.46. The average Bonchev–Trinajstić information content (AvgIpc) is 3.08. The Morgan fingerprint density at radius 1 is 1.26 bits per heavy atom. The van der Waals surface area contributed by atoms with Crippen LogP contribution in [0.3, 0.4) is 0 Å². The molecule has 3 rings (SSSR count). The van der Waals surface area contributed by atoms with E-state index in [1.165, 1.54) is 38.5 Å². The molecule has 1 aliphatic heterocycles. The first-order valence-corrected chi connectivity index (χ1v) is 7.88. The van der Waals surface area contributed by atoms with Crippen molar-refractivity contribution in [3.63, 3.8) is 0 Å². The molecule has 1 saturated heterocycles. The molecule has 1 aromatic heterocycles. The number of hydrogen-bond acceptors (Lipinski definition) is 4. The van der Waals surface area contributed by atoms with Crippen molar-refractivity contribution >= 4 is 0 Å². The third-order valence-corrected chi connectivity index (χ3v) is 4.83. The summed E-state index contributed by atoms with van der Waals surface area (Å²) in [5.74, 6) is 3.91. The van der Waals surface area contributed by atoms with E-state index in [0.29, 0.717) is 11.8 Å². The van der Waals surface area contributed by atoms with Gasteiger partial charge in [-0.1, -0.05) is 18.5 Å². The van der Waals surface area contributed by atoms with Gasteiger partial charge in [-0.2, -0.15) is 4.98 Å². The van der Waals surface area contributed by atoms with Crippen LogP contribution in [0, 0.1) is 11.8 Å². The Labute approximate surface area is 115 Å². The molecule has 4 nitrogen and oxygen atoms in total. The number of nitrogens with zero attached hydrogens (tertiary/aromatic N) is 2. The number of rotatable bonds is 4. The Bertz CT molecular complexity index is 398. The van der Waals surface area contributed by atoms with Crippen LogP contribution < -0.4 is 5.32 Å². The minimum atomic E-state index is 0.548. The standard InChI is InChI=1S/C15H25N3O/c1-2-11-5-6-13(8-11)15-17-14(19-18-15)9-12-4-3-7-16-10-12/h11-13,16H,2-10H2,1H3. The van der Waals surface area contributed by atoms with Gasteiger partial charge >= 0.3 is 0 Å². The Hall–Kier alpha value is -0.900. The quantitative estimate of drug-likeness (QED) is 0.907. The molecule has 2 aliphatic rings. The zero-order valence-electron chi connectivity index (χ0n) is 11.9. The number of nitrogens with one attached hydrogen (secondary N) is 1. The highest BCUT2D eigenvalue weighted by molar-refractivity contribution is 5.00. The number of aromatic nitrogens is 2. The molecule has 3 unspecified atom stereocenters. The first kappa shape index (κ1) is 13.1. The fraction of sp³-hybridized carbons (Fsp3) is 0.867. The summed E-state index contributed by atoms with van der Waals surface area (Å²) in [5.41, 5.74) is 0. The number of piperidine rings is 1. The molecule has 0 amide bonds. The van der Waals surface area contributed by atoms with E-state index in [0.717, 1.165) is 37.1 Å². The van der Waals surface area contributed by atoms with Crippen LogP contribution in [0.4, 0.5) is 0 Å². The van der Waals surface area contributed by atoms with E-state index in [-0.39, 0.29) is 0 Å². The summed E-state index contributed by atoms with van der Waals surface area (Å²) in [7, 11) is 0. The predicted octanol–water partition coefficient (Wildman–Crippen LogP) is 2.91. The second-order valence-electron chi connectivity index (χ2n) is 6.25. The van der Waals surface area contributed by atoms with E-state index in [9.17, 15) is 0 Å². The summed E-state index contributed by atoms with van der Waals surface area (Å²) >= 11 is 0. The second kappa shape index (κ2) is 6.04. The van der Waals surface area contributed by atoms with Crippen LogP contribution in [-0.2, 0) is 6.42 Å². The minimum absolute atomic E-state index is 0.548. The van der Waals surface area contributed by atoms with Crippen LogP contribution in [-0.4, -0.2) is 23.2 Å². The normalized spacial score (nSPS) is 31.7. The van der Waals surface area contributed by atoms with Crippen LogP contribution >= 0.6 is 0 Å². The molecule has 2 heterocycles. The van der Waals surface area contributed by atoms with Gasteiger partial charge in [-0.05, 0) is 57.0 Å². The Morgan fingerprint density at radius 3 is 2.95 bits per heavy atom. The van der Waals surface area contributed by atoms with Crippen molar-refractivity contribution in [2.75, 3.05) is 13.1 Å². The van der Waals surface area contributed by atoms with Crippen molar-refractivity contribution in [2.45, 2.75) is 57.8 Å². The second-order valence-corrected chi connectivity index (χ2v) is 6.25. The van der Waals surface area contributed by atoms with Crippen molar-refractivity contribution in [3.8, 4) is 0 Å². The van der Waals surface area contributed by atoms with Crippen molar-refractivity contribution in [1.29, 1.82) is 0 Å². The molecule has 4 heteroatoms. The maximum Gasteiger partial charge on any atom is 0.226 e. The van der Waals surface area contributed by atoms with Crippen molar-refractivity contribution < 1.29 is 4.52 Å². The summed E-state index contributed by atoms with van der Waals surface area (Å²) in [5, 5.41) is 7.67. The fourth-order valence-electron chi connectivity index (χ4n) is 3.54. The van der Waals surface area contributed by atoms with Gasteiger partial charge in [0.1, 0.15) is 0 Å². The molecule has 0 spiro atoms. The zero-order chi connectivity index (χ0) is 13.1. The first-order valence-electron chi connectivity index (χ1n) is 7.88. The smallest absolute Gasteiger partial charge is 0.226 e. The van der Waals surface area contributed by atoms with Gasteiger partial charge in [0.25, 0.3) is 0 Å². The van der Waals surface area contributed by atoms with Gasteiger partial charge in [-0.15, -0.1) is 0 Å². The SMILES string of the molecule is CCC1CCC(c2noc(CC3CCCNC3)n2)C1. The van der Waals surface area contributed by atoms with Crippen LogP contribution in [0.15, 0.2) is 4.52 Å². The molecule has 1 aliphatic carbocycles. The van der Waals surface area contributed by atoms with Crippen molar-refractivity contribution in [2.24, 2.45) is 11.8 Å². The molecule has 1 aromatic rings. The Morgan fingerprint density at radius 2 is 2.21 bits per heavy atom. The highest BCUT2D eigenvalue weighted by Crippen LogP contribution is 2.38. The van der Waals surface area contributed by atoms with Crippen LogP contribution in [0.1, 0.15) is 63.1 Å². The van der Waals surface area contributed by atoms with E-state index in [2.05, 4.69) is 22.4 Å². The average molecular weight is 263 g/mol. The lowest BCUT2D eigenvalue weighted by Crippen LogP contribution is -2.30. The molecule has 2 fully saturated rings. The summed E-state index contributed by atoms with van der Waals surface area (Å²) in [6.45, 7) is 4.54. The summed E-state index contributed by atoms with van der Waals surface area (Å²) in [6, 6.07) is 0. The first-order chi connectivity index (χ1) is 9.35. The number of hydrogen-bond donors (Lipinski definition) is 1. The molecule has 106 valence electrons. The molecule has 3 atom stereocenters. The highest BCUT2D eigenvalue weighted by Gasteiger charge is 2.28. The molecule has 0 bridgehead atoms. The molecule has 1 saturated carbocycles. The zero-order valence-corrected chi connectivity index (χ0v) is 11.9. The predicted molar refractivity (Wildman–Crippen MR) is 74.0 cm³/mol. The molecule has 19 heavy (non-hydrogen) atoms. The van der Waals surface area contributed by atoms with E-state index in [1.54, 1.807) is 0 Å². The van der Waals surface area contributed by atoms with Gasteiger partial charge in [0, 0.05) is 12.3 Å². The molecular weight excluding hydrogens is 238 g/mol. The fourth-order valence-corrected chi connectivity index (χ4v) is 3.54. The highest BCUT2D eigenvalue weighted by atomic mass is 16.5. The monoisotopic (exact) mass is 263 g/mol. The molecule has 1 N–H and O–H groups in total. The van der Waals surface area contributed by atoms with E-state index in [4.69, 9.17) is 4.52 Å². The Balaban J connectivity index is 1.57. The summed E-state index contributed by atoms with van der Waals surface area (Å²) < 4.78 is 5.46. The molecule has 0 aromatic carbocycles. The van der Waals surface area contributed by atoms with Crippen LogP contribution in [0.2, 0.25) is 0 Å². The van der Waals surface area contributed by atoms with Gasteiger partial charge < -0.3 is 9.84 Å². The van der Waals surface area contributed by atoms with Crippen LogP contribution in [0.25, 0.3) is 0 Å². The third-order valence-electron chi connectivity index (χ3n) is 4.83. The topological polar surface area (TPSA) is 51.0 Å². The lowest BCUT2D eigenvalue weighted by atomic mass is 9.96. The third kappa shape index (κ3) is 3.16. The lowest BCUT2D eigenvalue weighted by molar-refractivity contribution is 0.313. The van der Waals surface area contributed by atoms with Crippen molar-refractivity contribution in [1.82, 2.24) is 15.5 Å². The van der Waals surface area contributed by atoms with E-state index < -0.39 is 0 Å². The maximum atomic E-state index is 5.46. The Kier molecular flexibility index (Phi) is 4.16. The largest absolute Gasteiger partial charge is 0.339 e. The van der Waals surface area contributed by atoms with Crippen molar-refractivity contribution in [3.05, 3.63) is 11.7 Å². The minimum Gasteiger partial charge on any atom is -0.339 e. The summed E-state index contributed by atoms with van der Waals surface area (Å²) in [4.78, 5) is 4.65. The lowest BCUT2D eigenvalue weighted by Gasteiger charge is -2.20. The van der Waals surface area contributed by atoms with Gasteiger partial charge in [0.05, 0.1) is 0 Å². The van der Waals surface area contributed by atoms with Gasteiger partial charge in [0.2, 0.25) is 5.89 Å². The van der Waals surface area contributed by atoms with E-state index in [1.807, 2.05) is 0 Å². The molecule has 0 radical (unpaired) electrons. The van der Waals surface area contributed by atoms with Gasteiger partial charge in [0.15, 0.2) is 5.82 Å². The van der Waals surface area contributed by atoms with Crippen LogP contribution in [0.5, 0.6) is 0 Å².